The summed E-state index contributed by atoms with van der Waals surface area (Å²) in [5, 5.41) is 0.306. The Morgan fingerprint density at radius 1 is 1.18 bits per heavy atom. The van der Waals surface area contributed by atoms with Crippen LogP contribution in [0.2, 0.25) is 5.02 Å². The highest BCUT2D eigenvalue weighted by molar-refractivity contribution is 6.30. The summed E-state index contributed by atoms with van der Waals surface area (Å²) >= 11 is 5.78. The van der Waals surface area contributed by atoms with Crippen LogP contribution in [0.15, 0.2) is 18.2 Å². The fraction of sp³-hybridized carbons (Fsp3) is 0.167. The molecule has 0 saturated heterocycles. The monoisotopic (exact) mass is 251 g/mol. The average Bonchev–Trinajstić information content (AvgIpc) is 2.23. The van der Waals surface area contributed by atoms with Gasteiger partial charge >= 0.3 is 0 Å². The summed E-state index contributed by atoms with van der Waals surface area (Å²) in [6.07, 6.45) is 0. The van der Waals surface area contributed by atoms with Crippen molar-refractivity contribution in [3.05, 3.63) is 40.3 Å². The van der Waals surface area contributed by atoms with Crippen molar-refractivity contribution in [1.82, 2.24) is 9.97 Å². The molecule has 0 amide bonds. The average molecular weight is 252 g/mol. The van der Waals surface area contributed by atoms with E-state index in [1.165, 1.54) is 12.1 Å². The summed E-state index contributed by atoms with van der Waals surface area (Å²) in [6, 6.07) is 4.17. The molecule has 0 saturated carbocycles. The van der Waals surface area contributed by atoms with E-state index < -0.39 is 5.82 Å². The fourth-order valence-electron chi connectivity index (χ4n) is 1.46. The van der Waals surface area contributed by atoms with Crippen LogP contribution in [0, 0.1) is 19.7 Å². The van der Waals surface area contributed by atoms with E-state index in [0.717, 1.165) is 11.3 Å². The molecule has 2 rings (SSSR count). The Balaban J connectivity index is 2.60. The van der Waals surface area contributed by atoms with Crippen LogP contribution >= 0.6 is 11.6 Å². The molecule has 0 radical (unpaired) electrons. The van der Waals surface area contributed by atoms with Gasteiger partial charge in [0, 0.05) is 21.8 Å². The number of nitrogens with two attached hydrogens (primary N) is 1. The molecule has 88 valence electrons. The number of halogens is 2. The van der Waals surface area contributed by atoms with E-state index in [0.29, 0.717) is 22.2 Å². The molecule has 0 spiro atoms. The number of aromatic nitrogens is 2. The first kappa shape index (κ1) is 11.8. The topological polar surface area (TPSA) is 51.8 Å². The molecule has 0 aliphatic heterocycles. The maximum atomic E-state index is 13.2. The molecule has 0 unspecified atom stereocenters. The van der Waals surface area contributed by atoms with Gasteiger partial charge in [0.2, 0.25) is 0 Å². The summed E-state index contributed by atoms with van der Waals surface area (Å²) in [5.41, 5.74) is 7.88. The molecule has 3 nitrogen and oxygen atoms in total. The number of hydrogen-bond donors (Lipinski definition) is 1. The van der Waals surface area contributed by atoms with E-state index in [-0.39, 0.29) is 0 Å². The highest BCUT2D eigenvalue weighted by Gasteiger charge is 2.09. The summed E-state index contributed by atoms with van der Waals surface area (Å²) in [7, 11) is 0. The van der Waals surface area contributed by atoms with Crippen LogP contribution in [0.3, 0.4) is 0 Å². The van der Waals surface area contributed by atoms with E-state index in [9.17, 15) is 4.39 Å². The van der Waals surface area contributed by atoms with Gasteiger partial charge < -0.3 is 5.73 Å². The molecular weight excluding hydrogens is 241 g/mol. The van der Waals surface area contributed by atoms with E-state index in [2.05, 4.69) is 9.97 Å². The van der Waals surface area contributed by atoms with E-state index in [4.69, 9.17) is 17.3 Å². The van der Waals surface area contributed by atoms with E-state index in [1.807, 2.05) is 13.8 Å². The second kappa shape index (κ2) is 4.30. The number of hydrogen-bond acceptors (Lipinski definition) is 3. The SMILES string of the molecule is Cc1nc(-c2cc(F)cc(Cl)c2)nc(N)c1C. The lowest BCUT2D eigenvalue weighted by Gasteiger charge is -2.07. The zero-order valence-electron chi connectivity index (χ0n) is 9.46. The van der Waals surface area contributed by atoms with Crippen LogP contribution in [0.1, 0.15) is 11.3 Å². The van der Waals surface area contributed by atoms with Crippen molar-refractivity contribution in [2.24, 2.45) is 0 Å². The first-order valence-electron chi connectivity index (χ1n) is 5.04. The predicted molar refractivity (Wildman–Crippen MR) is 66.3 cm³/mol. The molecule has 5 heteroatoms. The second-order valence-corrected chi connectivity index (χ2v) is 4.24. The van der Waals surface area contributed by atoms with Crippen LogP contribution < -0.4 is 5.73 Å². The highest BCUT2D eigenvalue weighted by atomic mass is 35.5. The number of nitrogen functional groups attached to an aromatic ring is 1. The van der Waals surface area contributed by atoms with Gasteiger partial charge in [-0.1, -0.05) is 11.6 Å². The minimum atomic E-state index is -0.423. The summed E-state index contributed by atoms with van der Waals surface area (Å²) in [5.74, 6) is 0.354. The molecule has 1 aromatic heterocycles. The Bertz CT molecular complexity index is 541. The van der Waals surface area contributed by atoms with Gasteiger partial charge in [-0.2, -0.15) is 0 Å². The molecule has 0 fully saturated rings. The normalized spacial score (nSPS) is 10.6. The van der Waals surface area contributed by atoms with Gasteiger partial charge in [-0.15, -0.1) is 0 Å². The van der Waals surface area contributed by atoms with Gasteiger partial charge in [0.1, 0.15) is 11.6 Å². The van der Waals surface area contributed by atoms with E-state index in [1.54, 1.807) is 6.07 Å². The van der Waals surface area contributed by atoms with E-state index >= 15 is 0 Å². The molecule has 0 bridgehead atoms. The van der Waals surface area contributed by atoms with Crippen molar-refractivity contribution in [2.45, 2.75) is 13.8 Å². The molecule has 0 atom stereocenters. The lowest BCUT2D eigenvalue weighted by atomic mass is 10.2. The Labute approximate surface area is 103 Å². The third-order valence-corrected chi connectivity index (χ3v) is 2.77. The summed E-state index contributed by atoms with van der Waals surface area (Å²) < 4.78 is 13.2. The number of aryl methyl sites for hydroxylation is 1. The maximum absolute atomic E-state index is 13.2. The first-order valence-corrected chi connectivity index (χ1v) is 5.42. The maximum Gasteiger partial charge on any atom is 0.161 e. The minimum absolute atomic E-state index is 0.306. The first-order chi connectivity index (χ1) is 7.97. The molecule has 1 aromatic carbocycles. The molecule has 2 N–H and O–H groups in total. The number of rotatable bonds is 1. The molecule has 17 heavy (non-hydrogen) atoms. The Morgan fingerprint density at radius 3 is 2.47 bits per heavy atom. The lowest BCUT2D eigenvalue weighted by molar-refractivity contribution is 0.628. The second-order valence-electron chi connectivity index (χ2n) is 3.80. The van der Waals surface area contributed by atoms with Crippen molar-refractivity contribution >= 4 is 17.4 Å². The summed E-state index contributed by atoms with van der Waals surface area (Å²) in [4.78, 5) is 8.40. The number of nitrogens with zero attached hydrogens (tertiary/aromatic N) is 2. The quantitative estimate of drug-likeness (QED) is 0.847. The molecule has 2 aromatic rings. The molecule has 0 aliphatic rings. The van der Waals surface area contributed by atoms with Crippen molar-refractivity contribution < 1.29 is 4.39 Å². The van der Waals surface area contributed by atoms with Crippen molar-refractivity contribution in [3.8, 4) is 11.4 Å². The Hall–Kier alpha value is -1.68. The Morgan fingerprint density at radius 2 is 1.88 bits per heavy atom. The van der Waals surface area contributed by atoms with Crippen LogP contribution in [-0.2, 0) is 0 Å². The standard InChI is InChI=1S/C12H11ClFN3/c1-6-7(2)16-12(17-11(6)15)8-3-9(13)5-10(14)4-8/h3-5H,1-2H3,(H2,15,16,17). The molecule has 0 aliphatic carbocycles. The van der Waals surface area contributed by atoms with Gasteiger partial charge in [-0.05, 0) is 32.0 Å². The van der Waals surface area contributed by atoms with Gasteiger partial charge in [0.05, 0.1) is 0 Å². The van der Waals surface area contributed by atoms with Crippen LogP contribution in [0.25, 0.3) is 11.4 Å². The Kier molecular flexibility index (Phi) is 2.98. The third-order valence-electron chi connectivity index (χ3n) is 2.55. The molecule has 1 heterocycles. The fourth-order valence-corrected chi connectivity index (χ4v) is 1.68. The van der Waals surface area contributed by atoms with Crippen LogP contribution in [0.4, 0.5) is 10.2 Å². The lowest BCUT2D eigenvalue weighted by Crippen LogP contribution is -2.02. The third kappa shape index (κ3) is 2.36. The predicted octanol–water partition coefficient (Wildman–Crippen LogP) is 3.14. The minimum Gasteiger partial charge on any atom is -0.383 e. The largest absolute Gasteiger partial charge is 0.383 e. The number of anilines is 1. The van der Waals surface area contributed by atoms with Crippen molar-refractivity contribution in [3.63, 3.8) is 0 Å². The van der Waals surface area contributed by atoms with Crippen LogP contribution in [-0.4, -0.2) is 9.97 Å². The smallest absolute Gasteiger partial charge is 0.161 e. The zero-order chi connectivity index (χ0) is 12.6. The van der Waals surface area contributed by atoms with Crippen LogP contribution in [0.5, 0.6) is 0 Å². The zero-order valence-corrected chi connectivity index (χ0v) is 10.2. The van der Waals surface area contributed by atoms with Gasteiger partial charge in [0.15, 0.2) is 5.82 Å². The van der Waals surface area contributed by atoms with Gasteiger partial charge in [0.25, 0.3) is 0 Å². The van der Waals surface area contributed by atoms with Gasteiger partial charge in [-0.25, -0.2) is 14.4 Å². The highest BCUT2D eigenvalue weighted by Crippen LogP contribution is 2.23. The molecular formula is C12H11ClFN3. The van der Waals surface area contributed by atoms with Gasteiger partial charge in [-0.3, -0.25) is 0 Å². The van der Waals surface area contributed by atoms with Crippen molar-refractivity contribution in [2.75, 3.05) is 5.73 Å². The van der Waals surface area contributed by atoms with Crippen molar-refractivity contribution in [1.29, 1.82) is 0 Å². The number of benzene rings is 1. The summed E-state index contributed by atoms with van der Waals surface area (Å²) in [6.45, 7) is 3.67.